The summed E-state index contributed by atoms with van der Waals surface area (Å²) in [7, 11) is 15.5. The number of unbranched alkanes of at least 4 members (excludes halogenated alkanes) is 5. The highest BCUT2D eigenvalue weighted by Gasteiger charge is 2.22. The first-order valence-corrected chi connectivity index (χ1v) is 41.9. The minimum absolute atomic E-state index is 0. The molecule has 0 unspecified atom stereocenters. The molecular weight excluding hydrogens is 1650 g/mol. The van der Waals surface area contributed by atoms with Gasteiger partial charge in [-0.05, 0) is 187 Å². The Labute approximate surface area is 753 Å². The summed E-state index contributed by atoms with van der Waals surface area (Å²) in [6, 6.07) is 32.6. The Balaban J connectivity index is 0.000000537. The molecule has 2 aliphatic rings. The fourth-order valence-electron chi connectivity index (χ4n) is 11.5. The molecule has 3 atom stereocenters. The second-order valence-electron chi connectivity index (χ2n) is 29.8. The van der Waals surface area contributed by atoms with Crippen LogP contribution in [0.4, 0.5) is 0 Å². The number of carboxylic acids is 1. The number of nitrogens with one attached hydrogen (secondary N) is 5. The first kappa shape index (κ1) is 110. The molecule has 2 heterocycles. The Morgan fingerprint density at radius 3 is 1.02 bits per heavy atom. The number of carbonyl (C=O) groups excluding carboxylic acids is 14. The summed E-state index contributed by atoms with van der Waals surface area (Å²) in [5, 5.41) is 21.4. The van der Waals surface area contributed by atoms with Crippen molar-refractivity contribution in [2.75, 3.05) is 110 Å². The van der Waals surface area contributed by atoms with Crippen molar-refractivity contribution in [2.45, 2.75) is 161 Å². The lowest BCUT2D eigenvalue weighted by molar-refractivity contribution is -0.143. The summed E-state index contributed by atoms with van der Waals surface area (Å²) >= 11 is 0. The van der Waals surface area contributed by atoms with Gasteiger partial charge < -0.3 is 75.1 Å². The van der Waals surface area contributed by atoms with E-state index in [1.54, 1.807) is 168 Å². The van der Waals surface area contributed by atoms with Gasteiger partial charge in [0.25, 0.3) is 29.5 Å². The van der Waals surface area contributed by atoms with E-state index in [1.807, 2.05) is 70.5 Å². The third-order valence-electron chi connectivity index (χ3n) is 18.9. The molecule has 2 saturated heterocycles. The summed E-state index contributed by atoms with van der Waals surface area (Å²) in [4.78, 5) is 183. The van der Waals surface area contributed by atoms with Crippen LogP contribution < -0.4 is 26.6 Å². The molecule has 0 aliphatic carbocycles. The number of nitrogens with zero attached hydrogens (tertiary/aromatic N) is 5. The standard InChI is InChI=1S/C21H28N2O4.C21H26N2O4.C18H24N2O4.C18H22N2O4.C18H24N2O4.H2S/c2*1-16(21(26)27-2)22-20(25)18-11-8-10-17(15-18)9-4-3-5-12-19(24)23-13-6-7-14-23;2*1-20(2)16(21)11-6-4-5-8-14-9-7-10-15(12-14)18(23)19-13-17(22)24-3;1-13(18(23)24)19-17(22)15-10-7-9-14(12-15)8-5-4-6-11-16(21)20(2)3;/h4,8-11,15-16H,3,5-7,12-14H2,1-2H3,(H,22,25);8,10-11,15-16H,3,5-7,12-14H2,1-2H3,(H,22,25);5,7-10,12H,4,6,11,13H2,1-3H3,(H,19,23);7,9-10,12H,4,6,11,13H2,1-3H3,(H,19,23);5,7-10,12-13H,4,6,11H2,1-3H3,(H,19,22)(H,23,24);1H2/b9-4-;;8-5-;;8-5-;/t2*16-;;;13-;/m11..0./s1. The highest BCUT2D eigenvalue weighted by atomic mass is 32.1. The van der Waals surface area contributed by atoms with Crippen molar-refractivity contribution in [2.24, 2.45) is 0 Å². The average Bonchev–Trinajstić information content (AvgIpc) is 1.27. The largest absolute Gasteiger partial charge is 0.480 e. The molecule has 0 spiro atoms. The first-order valence-electron chi connectivity index (χ1n) is 41.9. The number of aliphatic carboxylic acids is 1. The maximum absolute atomic E-state index is 12.2. The van der Waals surface area contributed by atoms with Crippen LogP contribution in [0.25, 0.3) is 18.2 Å². The van der Waals surface area contributed by atoms with E-state index in [2.05, 4.69) is 69.2 Å². The number of allylic oxidation sites excluding steroid dienone is 3. The number of rotatable bonds is 36. The predicted molar refractivity (Wildman–Crippen MR) is 492 cm³/mol. The maximum Gasteiger partial charge on any atom is 0.328 e. The number of methoxy groups -OCH3 is 4. The minimum atomic E-state index is -1.08. The number of carboxylic acid groups (broad SMARTS) is 1. The highest BCUT2D eigenvalue weighted by molar-refractivity contribution is 7.59. The molecule has 30 nitrogen and oxygen atoms in total. The van der Waals surface area contributed by atoms with Crippen molar-refractivity contribution in [3.8, 4) is 23.7 Å². The number of carbonyl (C=O) groups is 15. The SMILES string of the molecule is COC(=O)CNC(=O)c1cccc(/C=C\CCCC(=O)N(C)C)c1.COC(=O)CNC(=O)c1cccc(C#CCCCC(=O)N(C)C)c1.COC(=O)[C@@H](C)NC(=O)c1cccc(/C=C\CCCC(=O)N2CCCC2)c1.COC(=O)[C@@H](C)NC(=O)c1cccc(C#CCCCC(=O)N2CCCC2)c1.C[C@H](NC(=O)c1cccc(/C=C\CCCC(=O)N(C)C)c1)C(=O)O.S. The van der Waals surface area contributed by atoms with Gasteiger partial charge in [-0.3, -0.25) is 62.3 Å². The van der Waals surface area contributed by atoms with Gasteiger partial charge in [-0.2, -0.15) is 13.5 Å². The topological polar surface area (TPSA) is 390 Å². The lowest BCUT2D eigenvalue weighted by atomic mass is 10.1. The van der Waals surface area contributed by atoms with E-state index in [0.29, 0.717) is 84.7 Å². The van der Waals surface area contributed by atoms with E-state index in [1.165, 1.54) is 35.4 Å². The van der Waals surface area contributed by atoms with E-state index in [-0.39, 0.29) is 79.7 Å². The van der Waals surface area contributed by atoms with E-state index < -0.39 is 53.9 Å². The Kier molecular flexibility index (Phi) is 54.4. The van der Waals surface area contributed by atoms with Gasteiger partial charge in [0, 0.05) is 152 Å². The van der Waals surface area contributed by atoms with E-state index in [0.717, 1.165) is 119 Å². The number of amides is 10. The van der Waals surface area contributed by atoms with Gasteiger partial charge in [0.2, 0.25) is 29.5 Å². The number of ether oxygens (including phenoxy) is 4. The summed E-state index contributed by atoms with van der Waals surface area (Å²) < 4.78 is 18.1. The molecule has 127 heavy (non-hydrogen) atoms. The van der Waals surface area contributed by atoms with Crippen LogP contribution in [0.3, 0.4) is 0 Å². The molecule has 0 bridgehead atoms. The minimum Gasteiger partial charge on any atom is -0.480 e. The van der Waals surface area contributed by atoms with Gasteiger partial charge in [-0.15, -0.1) is 0 Å². The summed E-state index contributed by atoms with van der Waals surface area (Å²) in [6.45, 7) is 7.80. The fourth-order valence-corrected chi connectivity index (χ4v) is 11.5. The molecule has 2 fully saturated rings. The maximum atomic E-state index is 12.2. The van der Waals surface area contributed by atoms with Crippen LogP contribution in [0.15, 0.2) is 140 Å². The zero-order valence-electron chi connectivity index (χ0n) is 75.4. The van der Waals surface area contributed by atoms with Crippen molar-refractivity contribution in [3.05, 3.63) is 195 Å². The molecule has 0 saturated carbocycles. The van der Waals surface area contributed by atoms with Crippen molar-refractivity contribution < 1.29 is 96.0 Å². The second kappa shape index (κ2) is 62.9. The van der Waals surface area contributed by atoms with Crippen molar-refractivity contribution in [3.63, 3.8) is 0 Å². The smallest absolute Gasteiger partial charge is 0.328 e. The van der Waals surface area contributed by atoms with Crippen LogP contribution in [-0.2, 0) is 66.9 Å². The van der Waals surface area contributed by atoms with E-state index in [9.17, 15) is 71.9 Å². The van der Waals surface area contributed by atoms with Crippen LogP contribution in [0, 0.1) is 23.7 Å². The van der Waals surface area contributed by atoms with Gasteiger partial charge in [0.1, 0.15) is 31.2 Å². The van der Waals surface area contributed by atoms with Gasteiger partial charge in [0.15, 0.2) is 0 Å². The highest BCUT2D eigenvalue weighted by Crippen LogP contribution is 2.17. The number of hydrogen-bond donors (Lipinski definition) is 6. The summed E-state index contributed by atoms with van der Waals surface area (Å²) in [5.74, 6) is 7.98. The van der Waals surface area contributed by atoms with Crippen LogP contribution >= 0.6 is 13.5 Å². The molecular formula is C96H126N10O20S. The Morgan fingerprint density at radius 2 is 0.685 bits per heavy atom. The van der Waals surface area contributed by atoms with Crippen LogP contribution in [0.2, 0.25) is 0 Å². The molecule has 5 aromatic rings. The van der Waals surface area contributed by atoms with E-state index in [4.69, 9.17) is 5.11 Å². The molecule has 7 rings (SSSR count). The van der Waals surface area contributed by atoms with Crippen molar-refractivity contribution >= 4 is 121 Å². The number of benzene rings is 5. The Hall–Kier alpha value is -13.2. The fraction of sp³-hybridized carbons (Fsp3) is 0.427. The molecule has 686 valence electrons. The molecule has 0 aromatic heterocycles. The van der Waals surface area contributed by atoms with Gasteiger partial charge in [-0.25, -0.2) is 9.59 Å². The monoisotopic (exact) mass is 1770 g/mol. The number of hydrogen-bond acceptors (Lipinski definition) is 19. The summed E-state index contributed by atoms with van der Waals surface area (Å²) in [6.07, 6.45) is 26.2. The number of esters is 4. The van der Waals surface area contributed by atoms with Crippen molar-refractivity contribution in [1.82, 2.24) is 51.1 Å². The lowest BCUT2D eigenvalue weighted by Crippen LogP contribution is -2.39. The molecule has 6 N–H and O–H groups in total. The van der Waals surface area contributed by atoms with Crippen molar-refractivity contribution in [1.29, 1.82) is 0 Å². The molecule has 2 aliphatic heterocycles. The van der Waals surface area contributed by atoms with Crippen LogP contribution in [-0.4, -0.2) is 247 Å². The Bertz CT molecular complexity index is 4670. The second-order valence-corrected chi connectivity index (χ2v) is 29.8. The quantitative estimate of drug-likeness (QED) is 0.00939. The first-order chi connectivity index (χ1) is 60.2. The third-order valence-corrected chi connectivity index (χ3v) is 18.9. The zero-order chi connectivity index (χ0) is 93.3. The molecule has 10 amide bonds. The van der Waals surface area contributed by atoms with Crippen LogP contribution in [0.5, 0.6) is 0 Å². The molecule has 31 heteroatoms. The predicted octanol–water partition coefficient (Wildman–Crippen LogP) is 10.2. The van der Waals surface area contributed by atoms with E-state index >= 15 is 0 Å². The lowest BCUT2D eigenvalue weighted by Gasteiger charge is -2.14. The van der Waals surface area contributed by atoms with Gasteiger partial charge in [0.05, 0.1) is 28.4 Å². The normalized spacial score (nSPS) is 12.2. The molecule has 5 aromatic carbocycles. The average molecular weight is 1770 g/mol. The van der Waals surface area contributed by atoms with Crippen LogP contribution in [0.1, 0.15) is 222 Å². The molecule has 0 radical (unpaired) electrons. The summed E-state index contributed by atoms with van der Waals surface area (Å²) in [5.41, 5.74) is 6.30. The van der Waals surface area contributed by atoms with Gasteiger partial charge >= 0.3 is 29.8 Å². The zero-order valence-corrected chi connectivity index (χ0v) is 76.4. The Morgan fingerprint density at radius 1 is 0.394 bits per heavy atom. The van der Waals surface area contributed by atoms with Gasteiger partial charge in [-0.1, -0.05) is 109 Å². The number of likely N-dealkylation sites (tertiary alicyclic amines) is 2. The third kappa shape index (κ3) is 46.4.